The molecular weight excluding hydrogens is 302 g/mol. The van der Waals surface area contributed by atoms with Gasteiger partial charge in [-0.2, -0.15) is 0 Å². The largest absolute Gasteiger partial charge is 0.389 e. The third-order valence-electron chi connectivity index (χ3n) is 5.58. The molecule has 2 heterocycles. The number of amides is 1. The molecule has 132 valence electrons. The standard InChI is InChI=1S/C19H29N3O2/c1-20-18(23)16-5-6-17(21-13-16)15-7-11-22(12-8-15)14-19(24)9-3-2-4-10-19/h5-6,13,15,24H,2-4,7-12,14H2,1H3,(H,20,23). The lowest BCUT2D eigenvalue weighted by Crippen LogP contribution is -2.46. The summed E-state index contributed by atoms with van der Waals surface area (Å²) in [5, 5.41) is 13.3. The van der Waals surface area contributed by atoms with E-state index in [0.717, 1.165) is 63.9 Å². The van der Waals surface area contributed by atoms with Crippen molar-refractivity contribution in [3.8, 4) is 0 Å². The monoisotopic (exact) mass is 331 g/mol. The Morgan fingerprint density at radius 3 is 2.58 bits per heavy atom. The summed E-state index contributed by atoms with van der Waals surface area (Å²) < 4.78 is 0. The summed E-state index contributed by atoms with van der Waals surface area (Å²) in [5.41, 5.74) is 1.23. The third kappa shape index (κ3) is 4.14. The third-order valence-corrected chi connectivity index (χ3v) is 5.58. The minimum atomic E-state index is -0.460. The van der Waals surface area contributed by atoms with Crippen LogP contribution in [-0.2, 0) is 0 Å². The number of β-amino-alcohol motifs (C(OH)–C–C–N with tert-alkyl or cyclic N) is 1. The summed E-state index contributed by atoms with van der Waals surface area (Å²) in [6, 6.07) is 3.85. The van der Waals surface area contributed by atoms with Crippen LogP contribution >= 0.6 is 0 Å². The molecule has 2 aliphatic rings. The Balaban J connectivity index is 1.52. The number of aliphatic hydroxyl groups is 1. The molecular formula is C19H29N3O2. The SMILES string of the molecule is CNC(=O)c1ccc(C2CCN(CC3(O)CCCCC3)CC2)nc1. The van der Waals surface area contributed by atoms with Crippen molar-refractivity contribution >= 4 is 5.91 Å². The first-order chi connectivity index (χ1) is 11.6. The van der Waals surface area contributed by atoms with Crippen LogP contribution in [0.25, 0.3) is 0 Å². The van der Waals surface area contributed by atoms with E-state index in [4.69, 9.17) is 0 Å². The van der Waals surface area contributed by atoms with E-state index in [0.29, 0.717) is 11.5 Å². The molecule has 24 heavy (non-hydrogen) atoms. The number of piperidine rings is 1. The average molecular weight is 331 g/mol. The summed E-state index contributed by atoms with van der Waals surface area (Å²) in [6.45, 7) is 2.86. The van der Waals surface area contributed by atoms with Gasteiger partial charge < -0.3 is 15.3 Å². The highest BCUT2D eigenvalue weighted by molar-refractivity contribution is 5.93. The Labute approximate surface area is 144 Å². The number of pyridine rings is 1. The van der Waals surface area contributed by atoms with E-state index in [-0.39, 0.29) is 5.91 Å². The molecule has 0 bridgehead atoms. The Morgan fingerprint density at radius 2 is 2.00 bits per heavy atom. The lowest BCUT2D eigenvalue weighted by molar-refractivity contribution is -0.0308. The molecule has 5 heteroatoms. The van der Waals surface area contributed by atoms with Crippen LogP contribution in [-0.4, -0.2) is 53.2 Å². The van der Waals surface area contributed by atoms with E-state index in [1.165, 1.54) is 6.42 Å². The maximum Gasteiger partial charge on any atom is 0.252 e. The normalized spacial score (nSPS) is 22.2. The molecule has 0 spiro atoms. The predicted molar refractivity (Wildman–Crippen MR) is 94.1 cm³/mol. The van der Waals surface area contributed by atoms with Crippen molar-refractivity contribution in [2.75, 3.05) is 26.7 Å². The van der Waals surface area contributed by atoms with Gasteiger partial charge in [0.2, 0.25) is 0 Å². The van der Waals surface area contributed by atoms with Gasteiger partial charge in [0.25, 0.3) is 5.91 Å². The van der Waals surface area contributed by atoms with E-state index in [1.54, 1.807) is 13.2 Å². The number of likely N-dealkylation sites (tertiary alicyclic amines) is 1. The van der Waals surface area contributed by atoms with Crippen LogP contribution in [0.1, 0.15) is 66.9 Å². The maximum atomic E-state index is 11.6. The summed E-state index contributed by atoms with van der Waals surface area (Å²) >= 11 is 0. The number of hydrogen-bond acceptors (Lipinski definition) is 4. The second-order valence-electron chi connectivity index (χ2n) is 7.39. The van der Waals surface area contributed by atoms with E-state index < -0.39 is 5.60 Å². The number of nitrogens with one attached hydrogen (secondary N) is 1. The number of hydrogen-bond donors (Lipinski definition) is 2. The Hall–Kier alpha value is -1.46. The first-order valence-corrected chi connectivity index (χ1v) is 9.22. The van der Waals surface area contributed by atoms with Gasteiger partial charge >= 0.3 is 0 Å². The van der Waals surface area contributed by atoms with Crippen LogP contribution in [0.15, 0.2) is 18.3 Å². The molecule has 1 aliphatic heterocycles. The summed E-state index contributed by atoms with van der Waals surface area (Å²) in [4.78, 5) is 18.5. The van der Waals surface area contributed by atoms with Crippen molar-refractivity contribution in [2.24, 2.45) is 0 Å². The number of nitrogens with zero attached hydrogens (tertiary/aromatic N) is 2. The molecule has 1 aromatic rings. The first kappa shape index (κ1) is 17.4. The number of aromatic nitrogens is 1. The second-order valence-corrected chi connectivity index (χ2v) is 7.39. The summed E-state index contributed by atoms with van der Waals surface area (Å²) in [6.07, 6.45) is 9.31. The highest BCUT2D eigenvalue weighted by Gasteiger charge is 2.33. The smallest absolute Gasteiger partial charge is 0.252 e. The molecule has 0 radical (unpaired) electrons. The van der Waals surface area contributed by atoms with E-state index >= 15 is 0 Å². The number of rotatable bonds is 4. The Bertz CT molecular complexity index is 544. The minimum Gasteiger partial charge on any atom is -0.389 e. The lowest BCUT2D eigenvalue weighted by atomic mass is 9.83. The Morgan fingerprint density at radius 1 is 1.29 bits per heavy atom. The topological polar surface area (TPSA) is 65.5 Å². The molecule has 5 nitrogen and oxygen atoms in total. The second kappa shape index (κ2) is 7.62. The van der Waals surface area contributed by atoms with Gasteiger partial charge in [-0.25, -0.2) is 0 Å². The molecule has 0 unspecified atom stereocenters. The van der Waals surface area contributed by atoms with Gasteiger partial charge in [-0.15, -0.1) is 0 Å². The van der Waals surface area contributed by atoms with Crippen molar-refractivity contribution < 1.29 is 9.90 Å². The van der Waals surface area contributed by atoms with Gasteiger partial charge in [0.1, 0.15) is 0 Å². The van der Waals surface area contributed by atoms with Crippen molar-refractivity contribution in [1.82, 2.24) is 15.2 Å². The lowest BCUT2D eigenvalue weighted by Gasteiger charge is -2.40. The summed E-state index contributed by atoms with van der Waals surface area (Å²) in [7, 11) is 1.63. The molecule has 1 aliphatic carbocycles. The van der Waals surface area contributed by atoms with Gasteiger partial charge in [0.15, 0.2) is 0 Å². The van der Waals surface area contributed by atoms with Crippen LogP contribution < -0.4 is 5.32 Å². The highest BCUT2D eigenvalue weighted by atomic mass is 16.3. The predicted octanol–water partition coefficient (Wildman–Crippen LogP) is 2.32. The minimum absolute atomic E-state index is 0.0930. The van der Waals surface area contributed by atoms with E-state index in [9.17, 15) is 9.90 Å². The number of carbonyl (C=O) groups is 1. The molecule has 1 aromatic heterocycles. The van der Waals surface area contributed by atoms with Crippen LogP contribution in [0.5, 0.6) is 0 Å². The van der Waals surface area contributed by atoms with Crippen LogP contribution in [0.4, 0.5) is 0 Å². The molecule has 3 rings (SSSR count). The number of carbonyl (C=O) groups excluding carboxylic acids is 1. The van der Waals surface area contributed by atoms with Gasteiger partial charge in [-0.1, -0.05) is 19.3 Å². The molecule has 1 saturated carbocycles. The maximum absolute atomic E-state index is 11.6. The van der Waals surface area contributed by atoms with Crippen molar-refractivity contribution in [3.63, 3.8) is 0 Å². The Kier molecular flexibility index (Phi) is 5.51. The van der Waals surface area contributed by atoms with Crippen molar-refractivity contribution in [1.29, 1.82) is 0 Å². The van der Waals surface area contributed by atoms with Crippen molar-refractivity contribution in [2.45, 2.75) is 56.5 Å². The van der Waals surface area contributed by atoms with Crippen molar-refractivity contribution in [3.05, 3.63) is 29.6 Å². The fourth-order valence-electron chi connectivity index (χ4n) is 4.10. The molecule has 2 N–H and O–H groups in total. The van der Waals surface area contributed by atoms with Gasteiger partial charge in [0.05, 0.1) is 11.2 Å². The van der Waals surface area contributed by atoms with Crippen LogP contribution in [0.3, 0.4) is 0 Å². The fourth-order valence-corrected chi connectivity index (χ4v) is 4.10. The average Bonchev–Trinajstić information content (AvgIpc) is 2.62. The zero-order valence-electron chi connectivity index (χ0n) is 14.6. The zero-order chi connectivity index (χ0) is 17.0. The van der Waals surface area contributed by atoms with Crippen LogP contribution in [0, 0.1) is 0 Å². The quantitative estimate of drug-likeness (QED) is 0.889. The summed E-state index contributed by atoms with van der Waals surface area (Å²) in [5.74, 6) is 0.366. The molecule has 1 amide bonds. The zero-order valence-corrected chi connectivity index (χ0v) is 14.6. The fraction of sp³-hybridized carbons (Fsp3) is 0.684. The van der Waals surface area contributed by atoms with Gasteiger partial charge in [-0.05, 0) is 50.9 Å². The van der Waals surface area contributed by atoms with E-state index in [2.05, 4.69) is 15.2 Å². The first-order valence-electron chi connectivity index (χ1n) is 9.22. The molecule has 1 saturated heterocycles. The molecule has 2 fully saturated rings. The van der Waals surface area contributed by atoms with E-state index in [1.807, 2.05) is 12.1 Å². The molecule has 0 aromatic carbocycles. The van der Waals surface area contributed by atoms with Gasteiger partial charge in [-0.3, -0.25) is 9.78 Å². The highest BCUT2D eigenvalue weighted by Crippen LogP contribution is 2.32. The van der Waals surface area contributed by atoms with Crippen LogP contribution in [0.2, 0.25) is 0 Å². The van der Waals surface area contributed by atoms with Gasteiger partial charge in [0, 0.05) is 31.4 Å². The molecule has 0 atom stereocenters.